The first-order chi connectivity index (χ1) is 12.3. The maximum Gasteiger partial charge on any atom is 0.225 e. The van der Waals surface area contributed by atoms with Gasteiger partial charge in [0.1, 0.15) is 0 Å². The summed E-state index contributed by atoms with van der Waals surface area (Å²) in [6.07, 6.45) is 6.89. The molecule has 1 fully saturated rings. The van der Waals surface area contributed by atoms with Crippen LogP contribution in [0.3, 0.4) is 0 Å². The molecule has 0 radical (unpaired) electrons. The smallest absolute Gasteiger partial charge is 0.225 e. The lowest BCUT2D eigenvalue weighted by Crippen LogP contribution is -2.49. The van der Waals surface area contributed by atoms with Crippen molar-refractivity contribution in [2.45, 2.75) is 47.1 Å². The highest BCUT2D eigenvalue weighted by atomic mass is 16.2. The van der Waals surface area contributed by atoms with Crippen LogP contribution >= 0.6 is 0 Å². The zero-order chi connectivity index (χ0) is 19.2. The topological polar surface area (TPSA) is 74.6 Å². The highest BCUT2D eigenvalue weighted by Crippen LogP contribution is 2.27. The second-order valence-corrected chi connectivity index (χ2v) is 8.03. The number of hydrogen-bond donors (Lipinski definition) is 2. The van der Waals surface area contributed by atoms with Crippen molar-refractivity contribution in [3.05, 3.63) is 18.7 Å². The third kappa shape index (κ3) is 5.47. The van der Waals surface area contributed by atoms with Gasteiger partial charge in [-0.1, -0.05) is 27.7 Å². The molecule has 0 spiro atoms. The Kier molecular flexibility index (Phi) is 7.06. The third-order valence-electron chi connectivity index (χ3n) is 4.80. The molecule has 2 unspecified atom stereocenters. The summed E-state index contributed by atoms with van der Waals surface area (Å²) in [6.45, 7) is 14.0. The van der Waals surface area contributed by atoms with Crippen LogP contribution in [0, 0.1) is 11.3 Å². The van der Waals surface area contributed by atoms with Gasteiger partial charge in [-0.05, 0) is 19.3 Å². The van der Waals surface area contributed by atoms with Gasteiger partial charge in [-0.25, -0.2) is 4.98 Å². The number of nitrogens with zero attached hydrogens (tertiary/aromatic N) is 4. The van der Waals surface area contributed by atoms with Crippen LogP contribution in [0.25, 0.3) is 0 Å². The molecule has 26 heavy (non-hydrogen) atoms. The minimum atomic E-state index is -0.366. The maximum atomic E-state index is 12.0. The molecule has 7 nitrogen and oxygen atoms in total. The number of aliphatic imine (C=N–C) groups is 1. The fourth-order valence-electron chi connectivity index (χ4n) is 3.12. The lowest BCUT2D eigenvalue weighted by Gasteiger charge is -2.39. The Morgan fingerprint density at radius 2 is 2.12 bits per heavy atom. The first-order valence-electron chi connectivity index (χ1n) is 9.62. The maximum absolute atomic E-state index is 12.0. The van der Waals surface area contributed by atoms with Crippen molar-refractivity contribution in [2.75, 3.05) is 32.7 Å². The predicted octanol–water partition coefficient (Wildman–Crippen LogP) is 1.89. The van der Waals surface area contributed by atoms with Crippen LogP contribution in [-0.4, -0.2) is 59.0 Å². The molecule has 1 amide bonds. The number of nitrogens with one attached hydrogen (secondary N) is 2. The van der Waals surface area contributed by atoms with E-state index in [2.05, 4.69) is 38.9 Å². The SMILES string of the molecule is CCNC(=NCCNC(=O)C(C)(C)C)N1CCC(C)C(n2ccnc2)C1. The van der Waals surface area contributed by atoms with Crippen LogP contribution in [0.15, 0.2) is 23.7 Å². The second kappa shape index (κ2) is 9.05. The van der Waals surface area contributed by atoms with Crippen LogP contribution in [0.5, 0.6) is 0 Å². The van der Waals surface area contributed by atoms with E-state index in [1.165, 1.54) is 0 Å². The normalized spacial score (nSPS) is 21.6. The summed E-state index contributed by atoms with van der Waals surface area (Å²) in [4.78, 5) is 23.2. The standard InChI is InChI=1S/C19H34N6O/c1-6-21-18(23-9-8-22-17(26)19(3,4)5)24-11-7-15(2)16(13-24)25-12-10-20-14-25/h10,12,14-16H,6-9,11,13H2,1-5H3,(H,21,23)(H,22,26). The van der Waals surface area contributed by atoms with Crippen molar-refractivity contribution in [3.63, 3.8) is 0 Å². The summed E-state index contributed by atoms with van der Waals surface area (Å²) in [5.74, 6) is 1.59. The second-order valence-electron chi connectivity index (χ2n) is 8.03. The number of piperidine rings is 1. The van der Waals surface area contributed by atoms with Crippen molar-refractivity contribution in [2.24, 2.45) is 16.3 Å². The quantitative estimate of drug-likeness (QED) is 0.477. The van der Waals surface area contributed by atoms with Gasteiger partial charge in [0.2, 0.25) is 5.91 Å². The van der Waals surface area contributed by atoms with Gasteiger partial charge in [0.15, 0.2) is 5.96 Å². The average molecular weight is 363 g/mol. The predicted molar refractivity (Wildman–Crippen MR) is 105 cm³/mol. The monoisotopic (exact) mass is 362 g/mol. The Labute approximate surface area is 157 Å². The molecule has 2 heterocycles. The van der Waals surface area contributed by atoms with Crippen LogP contribution in [0.2, 0.25) is 0 Å². The van der Waals surface area contributed by atoms with Crippen LogP contribution in [0.1, 0.15) is 47.1 Å². The third-order valence-corrected chi connectivity index (χ3v) is 4.80. The Morgan fingerprint density at radius 1 is 1.35 bits per heavy atom. The summed E-state index contributed by atoms with van der Waals surface area (Å²) in [7, 11) is 0. The Balaban J connectivity index is 1.96. The largest absolute Gasteiger partial charge is 0.357 e. The summed E-state index contributed by atoms with van der Waals surface area (Å²) >= 11 is 0. The molecule has 146 valence electrons. The molecule has 2 N–H and O–H groups in total. The van der Waals surface area contributed by atoms with Gasteiger partial charge in [0, 0.05) is 44.0 Å². The molecule has 2 atom stereocenters. The lowest BCUT2D eigenvalue weighted by atomic mass is 9.93. The Bertz CT molecular complexity index is 590. The minimum Gasteiger partial charge on any atom is -0.357 e. The first-order valence-corrected chi connectivity index (χ1v) is 9.62. The Morgan fingerprint density at radius 3 is 2.73 bits per heavy atom. The van der Waals surface area contributed by atoms with Crippen LogP contribution in [0.4, 0.5) is 0 Å². The molecular weight excluding hydrogens is 328 g/mol. The lowest BCUT2D eigenvalue weighted by molar-refractivity contribution is -0.128. The highest BCUT2D eigenvalue weighted by Gasteiger charge is 2.28. The zero-order valence-corrected chi connectivity index (χ0v) is 16.8. The van der Waals surface area contributed by atoms with E-state index in [-0.39, 0.29) is 11.3 Å². The summed E-state index contributed by atoms with van der Waals surface area (Å²) in [5.41, 5.74) is -0.366. The molecule has 2 rings (SSSR count). The number of hydrogen-bond acceptors (Lipinski definition) is 3. The molecule has 1 aromatic rings. The first kappa shape index (κ1) is 20.3. The molecule has 1 aliphatic rings. The fourth-order valence-corrected chi connectivity index (χ4v) is 3.12. The fraction of sp³-hybridized carbons (Fsp3) is 0.737. The molecule has 0 bridgehead atoms. The number of carbonyl (C=O) groups excluding carboxylic acids is 1. The van der Waals surface area contributed by atoms with Crippen molar-refractivity contribution in [1.29, 1.82) is 0 Å². The van der Waals surface area contributed by atoms with E-state index in [1.54, 1.807) is 0 Å². The van der Waals surface area contributed by atoms with E-state index in [0.717, 1.165) is 32.0 Å². The van der Waals surface area contributed by atoms with Gasteiger partial charge in [0.05, 0.1) is 18.9 Å². The number of carbonyl (C=O) groups is 1. The number of imidazole rings is 1. The molecule has 0 saturated carbocycles. The van der Waals surface area contributed by atoms with Crippen molar-refractivity contribution in [1.82, 2.24) is 25.1 Å². The molecule has 0 aromatic carbocycles. The summed E-state index contributed by atoms with van der Waals surface area (Å²) in [5, 5.41) is 6.35. The minimum absolute atomic E-state index is 0.0599. The van der Waals surface area contributed by atoms with Gasteiger partial charge in [-0.3, -0.25) is 9.79 Å². The number of likely N-dealkylation sites (tertiary alicyclic amines) is 1. The highest BCUT2D eigenvalue weighted by molar-refractivity contribution is 5.81. The van der Waals surface area contributed by atoms with E-state index in [9.17, 15) is 4.79 Å². The molecule has 1 aromatic heterocycles. The van der Waals surface area contributed by atoms with Crippen molar-refractivity contribution >= 4 is 11.9 Å². The zero-order valence-electron chi connectivity index (χ0n) is 16.8. The van der Waals surface area contributed by atoms with Gasteiger partial charge in [-0.2, -0.15) is 0 Å². The molecule has 7 heteroatoms. The molecular formula is C19H34N6O. The summed E-state index contributed by atoms with van der Waals surface area (Å²) in [6, 6.07) is 0.399. The number of aromatic nitrogens is 2. The van der Waals surface area contributed by atoms with Gasteiger partial charge in [-0.15, -0.1) is 0 Å². The molecule has 1 saturated heterocycles. The number of rotatable bonds is 5. The number of amides is 1. The van der Waals surface area contributed by atoms with E-state index in [4.69, 9.17) is 4.99 Å². The van der Waals surface area contributed by atoms with E-state index >= 15 is 0 Å². The van der Waals surface area contributed by atoms with Gasteiger partial charge >= 0.3 is 0 Å². The van der Waals surface area contributed by atoms with Crippen molar-refractivity contribution < 1.29 is 4.79 Å². The van der Waals surface area contributed by atoms with Crippen molar-refractivity contribution in [3.8, 4) is 0 Å². The summed E-state index contributed by atoms with van der Waals surface area (Å²) < 4.78 is 2.20. The van der Waals surface area contributed by atoms with Gasteiger partial charge in [0.25, 0.3) is 0 Å². The van der Waals surface area contributed by atoms with E-state index in [1.807, 2.05) is 39.5 Å². The van der Waals surface area contributed by atoms with E-state index < -0.39 is 0 Å². The molecule has 1 aliphatic heterocycles. The van der Waals surface area contributed by atoms with Gasteiger partial charge < -0.3 is 20.1 Å². The van der Waals surface area contributed by atoms with E-state index in [0.29, 0.717) is 25.0 Å². The number of guanidine groups is 1. The van der Waals surface area contributed by atoms with Crippen LogP contribution in [-0.2, 0) is 4.79 Å². The average Bonchev–Trinajstić information content (AvgIpc) is 3.11. The van der Waals surface area contributed by atoms with Crippen LogP contribution < -0.4 is 10.6 Å². The molecule has 0 aliphatic carbocycles. The Hall–Kier alpha value is -2.05.